The predicted octanol–water partition coefficient (Wildman–Crippen LogP) is 8.88. The fourth-order valence-corrected chi connectivity index (χ4v) is 9.62. The number of azide groups is 2. The second-order valence-corrected chi connectivity index (χ2v) is 20.8. The van der Waals surface area contributed by atoms with Crippen molar-refractivity contribution in [1.82, 2.24) is 0 Å². The molecular weight excluding hydrogens is 981 g/mol. The van der Waals surface area contributed by atoms with E-state index in [1.54, 1.807) is 58.0 Å². The van der Waals surface area contributed by atoms with Gasteiger partial charge in [-0.05, 0) is 74.6 Å². The van der Waals surface area contributed by atoms with Crippen LogP contribution in [0.5, 0.6) is 0 Å². The third-order valence-corrected chi connectivity index (χ3v) is 14.2. The van der Waals surface area contributed by atoms with E-state index in [9.17, 15) is 30.2 Å². The smallest absolute Gasteiger partial charge is 0.338 e. The van der Waals surface area contributed by atoms with E-state index < -0.39 is 131 Å². The lowest BCUT2D eigenvalue weighted by Gasteiger charge is -2.51. The van der Waals surface area contributed by atoms with Gasteiger partial charge in [-0.3, -0.25) is 15.0 Å². The Bertz CT molecular complexity index is 2100. The van der Waals surface area contributed by atoms with Gasteiger partial charge in [0.25, 0.3) is 3.79 Å². The number of Topliss-reactive ketones (excluding diaryl/α,β-unsaturated/α-hetero) is 2. The Hall–Kier alpha value is -3.82. The Morgan fingerprint density at radius 2 is 1.19 bits per heavy atom. The highest BCUT2D eigenvalue weighted by Crippen LogP contribution is 2.43. The van der Waals surface area contributed by atoms with Crippen LogP contribution in [0.15, 0.2) is 40.6 Å². The van der Waals surface area contributed by atoms with Crippen LogP contribution in [0.25, 0.3) is 20.9 Å². The molecule has 0 aromatic heterocycles. The summed E-state index contributed by atoms with van der Waals surface area (Å²) in [5, 5.41) is 16.4. The van der Waals surface area contributed by atoms with Gasteiger partial charge in [-0.2, -0.15) is 0 Å². The minimum atomic E-state index is -2.27. The number of hydrogen-bond donors (Lipinski definition) is 1. The first-order chi connectivity index (χ1) is 33.1. The van der Waals surface area contributed by atoms with Gasteiger partial charge in [0.05, 0.1) is 54.6 Å². The summed E-state index contributed by atoms with van der Waals surface area (Å²) in [6, 6.07) is 6.30. The van der Waals surface area contributed by atoms with Gasteiger partial charge >= 0.3 is 11.9 Å². The lowest BCUT2D eigenvalue weighted by Crippen LogP contribution is -2.63. The Morgan fingerprint density at radius 1 is 0.643 bits per heavy atom. The number of nitrogens with one attached hydrogen (secondary N) is 1. The summed E-state index contributed by atoms with van der Waals surface area (Å²) in [4.78, 5) is 58.5. The monoisotopic (exact) mass is 1040 g/mol. The Morgan fingerprint density at radius 3 is 1.74 bits per heavy atom. The number of benzene rings is 1. The van der Waals surface area contributed by atoms with Gasteiger partial charge in [-0.1, -0.05) is 112 Å². The molecule has 20 atom stereocenters. The number of alkyl halides is 3. The highest BCUT2D eigenvalue weighted by atomic mass is 35.6. The average Bonchev–Trinajstić information content (AvgIpc) is 3.31. The molecule has 1 N–H and O–H groups in total. The maximum atomic E-state index is 13.6. The maximum Gasteiger partial charge on any atom is 0.338 e. The number of halogens is 3. The van der Waals surface area contributed by atoms with E-state index in [2.05, 4.69) is 20.1 Å². The fourth-order valence-electron chi connectivity index (χ4n) is 9.48. The molecule has 1 aromatic carbocycles. The standard InChI is InChI=1S/C46H64Cl3N7O14/c1-11-29-21(4)22(5)32(53-55-51)41(62-29)68-36-25(8)37(64-31(59)19-18-20(3)57)44(69-39(36)26(9)58)67-35-23(6)33(54-56-52)42(63-30(35)12-2)66-34-24(7)38(65-40(60)28-16-14-13-15-17-28)43(61-27(34)10)70-45(50)46(47,48)49/h13-17,21-25,27,29-30,32-39,41-44,50H,11-12,18-19H2,1-10H3/t21-,22+,23-,24+,25+,27?,29+,30?,32?,33?,34-,35-,36-,37?,38?,39+,41+,42+,43+,44-/m1/s1. The van der Waals surface area contributed by atoms with Gasteiger partial charge in [-0.15, -0.1) is 0 Å². The molecule has 4 fully saturated rings. The van der Waals surface area contributed by atoms with Crippen LogP contribution in [0.4, 0.5) is 0 Å². The second kappa shape index (κ2) is 25.2. The van der Waals surface area contributed by atoms with Crippen molar-refractivity contribution in [2.45, 2.75) is 191 Å². The van der Waals surface area contributed by atoms with Gasteiger partial charge in [0, 0.05) is 28.1 Å². The number of ether oxygens (including phenoxy) is 10. The van der Waals surface area contributed by atoms with E-state index in [0.717, 1.165) is 0 Å². The zero-order valence-electron chi connectivity index (χ0n) is 40.8. The van der Waals surface area contributed by atoms with Crippen LogP contribution in [0.2, 0.25) is 0 Å². The van der Waals surface area contributed by atoms with Crippen molar-refractivity contribution in [2.24, 2.45) is 39.8 Å². The topological polar surface area (TPSA) is 282 Å². The van der Waals surface area contributed by atoms with Gasteiger partial charge in [0.15, 0.2) is 36.9 Å². The molecule has 5 rings (SSSR count). The molecule has 0 saturated carbocycles. The first kappa shape index (κ1) is 57.1. The van der Waals surface area contributed by atoms with E-state index in [4.69, 9.17) is 87.6 Å². The molecule has 388 valence electrons. The Kier molecular flexibility index (Phi) is 20.6. The zero-order valence-corrected chi connectivity index (χ0v) is 43.1. The number of carbonyl (C=O) groups is 4. The van der Waals surface area contributed by atoms with Crippen molar-refractivity contribution in [2.75, 3.05) is 0 Å². The largest absolute Gasteiger partial charge is 0.457 e. The van der Waals surface area contributed by atoms with Crippen molar-refractivity contribution in [3.8, 4) is 0 Å². The quantitative estimate of drug-likeness (QED) is 0.0273. The molecule has 4 aliphatic rings. The first-order valence-electron chi connectivity index (χ1n) is 23.5. The molecule has 24 heteroatoms. The highest BCUT2D eigenvalue weighted by molar-refractivity contribution is 6.76. The van der Waals surface area contributed by atoms with Crippen LogP contribution in [0.3, 0.4) is 0 Å². The lowest BCUT2D eigenvalue weighted by molar-refractivity contribution is -0.353. The molecule has 1 aromatic rings. The van der Waals surface area contributed by atoms with Gasteiger partial charge in [-0.25, -0.2) is 4.79 Å². The summed E-state index contributed by atoms with van der Waals surface area (Å²) in [5.41, 5.74) is 19.7. The lowest BCUT2D eigenvalue weighted by atomic mass is 9.81. The number of carbonyl (C=O) groups excluding carboxylic acids is 4. The molecular formula is C46H64Cl3N7O14. The molecule has 6 unspecified atom stereocenters. The molecule has 21 nitrogen and oxygen atoms in total. The van der Waals surface area contributed by atoms with Crippen LogP contribution in [-0.2, 0) is 61.8 Å². The minimum Gasteiger partial charge on any atom is -0.457 e. The van der Waals surface area contributed by atoms with Gasteiger partial charge in [0.1, 0.15) is 18.0 Å². The average molecular weight is 1050 g/mol. The third kappa shape index (κ3) is 13.6. The normalized spacial score (nSPS) is 37.7. The number of hydrogen-bond acceptors (Lipinski definition) is 17. The number of ketones is 2. The molecule has 0 radical (unpaired) electrons. The van der Waals surface area contributed by atoms with Crippen molar-refractivity contribution in [3.05, 3.63) is 56.8 Å². The van der Waals surface area contributed by atoms with E-state index in [0.29, 0.717) is 12.8 Å². The minimum absolute atomic E-state index is 0.00954. The molecule has 0 spiro atoms. The van der Waals surface area contributed by atoms with Crippen LogP contribution < -0.4 is 0 Å². The summed E-state index contributed by atoms with van der Waals surface area (Å²) < 4.78 is 60.9. The van der Waals surface area contributed by atoms with Crippen LogP contribution >= 0.6 is 34.8 Å². The number of rotatable bonds is 18. The Labute approximate surface area is 422 Å². The van der Waals surface area contributed by atoms with Crippen molar-refractivity contribution in [1.29, 1.82) is 5.41 Å². The molecule has 4 aliphatic heterocycles. The summed E-state index contributed by atoms with van der Waals surface area (Å²) in [7, 11) is 0. The summed E-state index contributed by atoms with van der Waals surface area (Å²) in [6.07, 6.45) is -13.3. The van der Waals surface area contributed by atoms with Gasteiger partial charge < -0.3 is 52.2 Å². The Balaban J connectivity index is 1.44. The van der Waals surface area contributed by atoms with Crippen LogP contribution in [-0.4, -0.2) is 125 Å². The van der Waals surface area contributed by atoms with Crippen molar-refractivity contribution in [3.63, 3.8) is 0 Å². The van der Waals surface area contributed by atoms with E-state index in [1.165, 1.54) is 13.8 Å². The SMILES string of the molecule is CCC1O[C@@H](O[C@H]2C(C)O[C@@H](OC(=N)C(Cl)(Cl)Cl)C(OC(=O)c3ccccc3)[C@H]2C)C(N=[N+]=[N-])[C@@H](C)[C@H]1O[C@@H]1O[C@@H](C(C)=O)[C@H](O[C@@H]2O[C@@H](CC)[C@H](C)[C@H](C)C2N=[N+]=[N-])[C@H](C)C1OC(=O)CCC(C)=O. The van der Waals surface area contributed by atoms with Crippen molar-refractivity contribution < 1.29 is 66.5 Å². The molecule has 70 heavy (non-hydrogen) atoms. The van der Waals surface area contributed by atoms with E-state index in [1.807, 2.05) is 27.7 Å². The van der Waals surface area contributed by atoms with Gasteiger partial charge in [0.2, 0.25) is 12.2 Å². The predicted molar refractivity (Wildman–Crippen MR) is 252 cm³/mol. The van der Waals surface area contributed by atoms with E-state index >= 15 is 0 Å². The van der Waals surface area contributed by atoms with Crippen molar-refractivity contribution >= 4 is 64.2 Å². The number of nitrogens with zero attached hydrogens (tertiary/aromatic N) is 6. The number of esters is 2. The fraction of sp³-hybridized carbons (Fsp3) is 0.761. The third-order valence-electron chi connectivity index (χ3n) is 13.7. The molecule has 4 heterocycles. The van der Waals surface area contributed by atoms with Crippen LogP contribution in [0, 0.1) is 35.0 Å². The van der Waals surface area contributed by atoms with E-state index in [-0.39, 0.29) is 42.1 Å². The molecule has 0 aliphatic carbocycles. The highest BCUT2D eigenvalue weighted by Gasteiger charge is 2.56. The maximum absolute atomic E-state index is 13.6. The molecule has 4 saturated heterocycles. The molecule has 0 amide bonds. The zero-order chi connectivity index (χ0) is 51.8. The summed E-state index contributed by atoms with van der Waals surface area (Å²) in [6.45, 7) is 17.2. The second-order valence-electron chi connectivity index (χ2n) is 18.5. The summed E-state index contributed by atoms with van der Waals surface area (Å²) in [5.74, 6) is -5.37. The summed E-state index contributed by atoms with van der Waals surface area (Å²) >= 11 is 17.8. The first-order valence-corrected chi connectivity index (χ1v) is 24.6. The molecule has 0 bridgehead atoms. The van der Waals surface area contributed by atoms with Crippen LogP contribution in [0.1, 0.15) is 105 Å².